The average molecular weight is 430 g/mol. The number of nitrogens with zero attached hydrogens (tertiary/aromatic N) is 6. The lowest BCUT2D eigenvalue weighted by molar-refractivity contribution is -0.136. The molecule has 2 aliphatic rings. The molecule has 0 unspecified atom stereocenters. The molecule has 2 aromatic rings. The molecule has 8 nitrogen and oxygen atoms in total. The highest BCUT2D eigenvalue weighted by Crippen LogP contribution is 2.40. The molecule has 1 amide bonds. The molecule has 0 bridgehead atoms. The molecule has 0 atom stereocenters. The van der Waals surface area contributed by atoms with Crippen molar-refractivity contribution in [2.75, 3.05) is 13.1 Å². The number of imidazole rings is 1. The van der Waals surface area contributed by atoms with Gasteiger partial charge in [0.1, 0.15) is 5.82 Å². The number of aromatic nitrogens is 5. The average Bonchev–Trinajstić information content (AvgIpc) is 3.15. The van der Waals surface area contributed by atoms with Crippen LogP contribution in [0.25, 0.3) is 0 Å². The Bertz CT molecular complexity index is 772. The SMILES string of the molecule is CC(C)(N)C(=O)N1CCC(c2nnc(Cn3ccnc3)n2C2CC2)CC1.Cl.Cl. The summed E-state index contributed by atoms with van der Waals surface area (Å²) >= 11 is 0. The predicted octanol–water partition coefficient (Wildman–Crippen LogP) is 2.14. The van der Waals surface area contributed by atoms with Crippen LogP contribution in [0.1, 0.15) is 63.1 Å². The predicted molar refractivity (Wildman–Crippen MR) is 111 cm³/mol. The van der Waals surface area contributed by atoms with Crippen molar-refractivity contribution in [1.82, 2.24) is 29.2 Å². The van der Waals surface area contributed by atoms with Crippen LogP contribution in [0, 0.1) is 0 Å². The number of carbonyl (C=O) groups excluding carboxylic acids is 1. The normalized spacial score (nSPS) is 17.8. The second-order valence-corrected chi connectivity index (χ2v) is 8.10. The van der Waals surface area contributed by atoms with Gasteiger partial charge in [-0.05, 0) is 39.5 Å². The summed E-state index contributed by atoms with van der Waals surface area (Å²) in [4.78, 5) is 18.4. The summed E-state index contributed by atoms with van der Waals surface area (Å²) in [6, 6.07) is 0.529. The van der Waals surface area contributed by atoms with Gasteiger partial charge in [-0.15, -0.1) is 35.0 Å². The van der Waals surface area contributed by atoms with Crippen LogP contribution in [-0.4, -0.2) is 53.8 Å². The first-order chi connectivity index (χ1) is 12.4. The van der Waals surface area contributed by atoms with Gasteiger partial charge in [-0.2, -0.15) is 0 Å². The van der Waals surface area contributed by atoms with Crippen molar-refractivity contribution in [1.29, 1.82) is 0 Å². The van der Waals surface area contributed by atoms with Gasteiger partial charge in [0, 0.05) is 37.4 Å². The fourth-order valence-electron chi connectivity index (χ4n) is 3.75. The second kappa shape index (κ2) is 8.80. The highest BCUT2D eigenvalue weighted by atomic mass is 35.5. The van der Waals surface area contributed by atoms with Crippen LogP contribution in [0.4, 0.5) is 0 Å². The molecule has 2 fully saturated rings. The topological polar surface area (TPSA) is 94.9 Å². The quantitative estimate of drug-likeness (QED) is 0.785. The standard InChI is InChI=1S/C18H27N7O.2ClH/c1-18(2,19)17(26)24-8-5-13(6-9-24)16-22-21-15(25(16)14-3-4-14)11-23-10-7-20-12-23;;/h7,10,12-14H,3-6,8-9,11,19H2,1-2H3;2*1H. The van der Waals surface area contributed by atoms with Crippen molar-refractivity contribution in [3.8, 4) is 0 Å². The fourth-order valence-corrected chi connectivity index (χ4v) is 3.75. The largest absolute Gasteiger partial charge is 0.341 e. The van der Waals surface area contributed by atoms with Gasteiger partial charge in [-0.25, -0.2) is 4.98 Å². The molecule has 1 aliphatic carbocycles. The van der Waals surface area contributed by atoms with E-state index in [1.165, 1.54) is 12.8 Å². The van der Waals surface area contributed by atoms with Crippen molar-refractivity contribution in [2.24, 2.45) is 5.73 Å². The number of carbonyl (C=O) groups is 1. The Kier molecular flexibility index (Phi) is 7.12. The van der Waals surface area contributed by atoms with Crippen LogP contribution in [0.2, 0.25) is 0 Å². The van der Waals surface area contributed by atoms with Gasteiger partial charge < -0.3 is 19.8 Å². The lowest BCUT2D eigenvalue weighted by Gasteiger charge is -2.35. The van der Waals surface area contributed by atoms with Gasteiger partial charge >= 0.3 is 0 Å². The van der Waals surface area contributed by atoms with Gasteiger partial charge in [-0.3, -0.25) is 4.79 Å². The number of hydrogen-bond acceptors (Lipinski definition) is 5. The molecule has 2 N–H and O–H groups in total. The van der Waals surface area contributed by atoms with E-state index < -0.39 is 5.54 Å². The van der Waals surface area contributed by atoms with Crippen molar-refractivity contribution in [3.63, 3.8) is 0 Å². The molecular formula is C18H29Cl2N7O. The van der Waals surface area contributed by atoms with E-state index in [2.05, 4.69) is 19.7 Å². The van der Waals surface area contributed by atoms with Gasteiger partial charge in [0.2, 0.25) is 5.91 Å². The number of halogens is 2. The molecule has 2 aromatic heterocycles. The summed E-state index contributed by atoms with van der Waals surface area (Å²) in [7, 11) is 0. The summed E-state index contributed by atoms with van der Waals surface area (Å²) in [5.74, 6) is 2.47. The monoisotopic (exact) mass is 429 g/mol. The van der Waals surface area contributed by atoms with Crippen LogP contribution >= 0.6 is 24.8 Å². The number of rotatable bonds is 5. The van der Waals surface area contributed by atoms with Crippen LogP contribution in [0.3, 0.4) is 0 Å². The number of hydrogen-bond donors (Lipinski definition) is 1. The smallest absolute Gasteiger partial charge is 0.242 e. The Labute approximate surface area is 177 Å². The summed E-state index contributed by atoms with van der Waals surface area (Å²) in [5, 5.41) is 9.04. The highest BCUT2D eigenvalue weighted by molar-refractivity contribution is 5.86. The molecule has 4 rings (SSSR count). The first-order valence-corrected chi connectivity index (χ1v) is 9.41. The molecule has 156 valence electrons. The minimum Gasteiger partial charge on any atom is -0.341 e. The molecular weight excluding hydrogens is 401 g/mol. The number of piperidine rings is 1. The van der Waals surface area contributed by atoms with E-state index in [0.29, 0.717) is 18.5 Å². The van der Waals surface area contributed by atoms with E-state index in [-0.39, 0.29) is 30.7 Å². The zero-order valence-corrected chi connectivity index (χ0v) is 18.0. The van der Waals surface area contributed by atoms with Crippen molar-refractivity contribution in [3.05, 3.63) is 30.4 Å². The fraction of sp³-hybridized carbons (Fsp3) is 0.667. The van der Waals surface area contributed by atoms with Gasteiger partial charge in [0.05, 0.1) is 18.4 Å². The number of nitrogens with two attached hydrogens (primary N) is 1. The van der Waals surface area contributed by atoms with Crippen LogP contribution in [-0.2, 0) is 11.3 Å². The lowest BCUT2D eigenvalue weighted by atomic mass is 9.94. The van der Waals surface area contributed by atoms with Crippen LogP contribution < -0.4 is 5.73 Å². The number of amides is 1. The highest BCUT2D eigenvalue weighted by Gasteiger charge is 2.36. The molecule has 28 heavy (non-hydrogen) atoms. The van der Waals surface area contributed by atoms with Gasteiger partial charge in [-0.1, -0.05) is 0 Å². The molecule has 1 aliphatic heterocycles. The maximum atomic E-state index is 12.4. The minimum atomic E-state index is -0.807. The third-order valence-electron chi connectivity index (χ3n) is 5.29. The maximum Gasteiger partial charge on any atom is 0.242 e. The van der Waals surface area contributed by atoms with Crippen LogP contribution in [0.5, 0.6) is 0 Å². The Morgan fingerprint density at radius 3 is 2.39 bits per heavy atom. The van der Waals surface area contributed by atoms with Crippen molar-refractivity contribution in [2.45, 2.75) is 63.6 Å². The minimum absolute atomic E-state index is 0. The van der Waals surface area contributed by atoms with E-state index in [1.54, 1.807) is 20.0 Å². The second-order valence-electron chi connectivity index (χ2n) is 8.10. The van der Waals surface area contributed by atoms with Crippen molar-refractivity contribution < 1.29 is 4.79 Å². The molecule has 0 spiro atoms. The van der Waals surface area contributed by atoms with Crippen LogP contribution in [0.15, 0.2) is 18.7 Å². The van der Waals surface area contributed by atoms with Gasteiger partial charge in [0.25, 0.3) is 0 Å². The Balaban J connectivity index is 0.00000140. The summed E-state index contributed by atoms with van der Waals surface area (Å²) in [5.41, 5.74) is 5.16. The summed E-state index contributed by atoms with van der Waals surface area (Å²) in [6.45, 7) is 5.71. The molecule has 10 heteroatoms. The van der Waals surface area contributed by atoms with E-state index in [0.717, 1.165) is 37.6 Å². The number of likely N-dealkylation sites (tertiary alicyclic amines) is 1. The Morgan fingerprint density at radius 1 is 1.18 bits per heavy atom. The zero-order valence-electron chi connectivity index (χ0n) is 16.3. The third kappa shape index (κ3) is 4.67. The Morgan fingerprint density at radius 2 is 1.86 bits per heavy atom. The van der Waals surface area contributed by atoms with Gasteiger partial charge in [0.15, 0.2) is 5.82 Å². The molecule has 0 radical (unpaired) electrons. The van der Waals surface area contributed by atoms with E-state index in [9.17, 15) is 4.79 Å². The zero-order chi connectivity index (χ0) is 18.3. The summed E-state index contributed by atoms with van der Waals surface area (Å²) < 4.78 is 4.37. The molecule has 0 aromatic carbocycles. The Hall–Kier alpha value is -1.64. The molecule has 1 saturated heterocycles. The third-order valence-corrected chi connectivity index (χ3v) is 5.29. The van der Waals surface area contributed by atoms with E-state index in [1.807, 2.05) is 22.0 Å². The van der Waals surface area contributed by atoms with E-state index >= 15 is 0 Å². The maximum absolute atomic E-state index is 12.4. The summed E-state index contributed by atoms with van der Waals surface area (Å²) in [6.07, 6.45) is 9.76. The molecule has 3 heterocycles. The molecule has 1 saturated carbocycles. The lowest BCUT2D eigenvalue weighted by Crippen LogP contribution is -2.53. The van der Waals surface area contributed by atoms with E-state index in [4.69, 9.17) is 5.73 Å². The first kappa shape index (κ1) is 22.6. The first-order valence-electron chi connectivity index (χ1n) is 9.41. The van der Waals surface area contributed by atoms with Crippen molar-refractivity contribution >= 4 is 30.7 Å².